The topological polar surface area (TPSA) is 88.2 Å². The highest BCUT2D eigenvalue weighted by Crippen LogP contribution is 2.28. The summed E-state index contributed by atoms with van der Waals surface area (Å²) in [6.45, 7) is 1.87. The molecule has 1 saturated carbocycles. The molecular weight excluding hydrogens is 453 g/mol. The molecule has 1 fully saturated rings. The number of rotatable bonds is 7. The standard InChI is InChI=1S/C26H28FN3O3S/c1-18(19-7-11-23(27)12-8-19)29-26(31)20-9-13-24(14-10-20)30-34(32,33)25-6-2-4-21(16-25)22-5-3-15-28-17-22/h2-8,11-12,15-18,20,24,30H,9-10,13-14H2,1H3,(H,29,31)/t18-,20?,24?/m1/s1. The van der Waals surface area contributed by atoms with E-state index in [1.807, 2.05) is 25.1 Å². The summed E-state index contributed by atoms with van der Waals surface area (Å²) in [5, 5.41) is 2.99. The minimum atomic E-state index is -3.69. The quantitative estimate of drug-likeness (QED) is 0.516. The monoisotopic (exact) mass is 481 g/mol. The van der Waals surface area contributed by atoms with Crippen molar-refractivity contribution in [2.75, 3.05) is 0 Å². The van der Waals surface area contributed by atoms with Gasteiger partial charge in [-0.1, -0.05) is 30.3 Å². The van der Waals surface area contributed by atoms with Crippen LogP contribution in [0.15, 0.2) is 78.0 Å². The molecule has 0 bridgehead atoms. The van der Waals surface area contributed by atoms with Gasteiger partial charge in [0.15, 0.2) is 0 Å². The molecule has 0 radical (unpaired) electrons. The number of carbonyl (C=O) groups is 1. The Morgan fingerprint density at radius 1 is 1.00 bits per heavy atom. The number of amides is 1. The highest BCUT2D eigenvalue weighted by atomic mass is 32.2. The molecule has 0 spiro atoms. The van der Waals surface area contributed by atoms with E-state index in [-0.39, 0.29) is 34.6 Å². The smallest absolute Gasteiger partial charge is 0.240 e. The Hall–Kier alpha value is -3.10. The number of nitrogens with one attached hydrogen (secondary N) is 2. The van der Waals surface area contributed by atoms with E-state index in [9.17, 15) is 17.6 Å². The van der Waals surface area contributed by atoms with E-state index in [0.717, 1.165) is 16.7 Å². The summed E-state index contributed by atoms with van der Waals surface area (Å²) in [7, 11) is -3.69. The summed E-state index contributed by atoms with van der Waals surface area (Å²) in [6, 6.07) is 16.1. The van der Waals surface area contributed by atoms with Gasteiger partial charge in [0, 0.05) is 29.9 Å². The number of halogens is 1. The lowest BCUT2D eigenvalue weighted by molar-refractivity contribution is -0.126. The van der Waals surface area contributed by atoms with Crippen LogP contribution in [-0.4, -0.2) is 25.4 Å². The SMILES string of the molecule is C[C@@H](NC(=O)C1CCC(NS(=O)(=O)c2cccc(-c3cccnc3)c2)CC1)c1ccc(F)cc1. The molecule has 1 aliphatic carbocycles. The third-order valence-electron chi connectivity index (χ3n) is 6.29. The molecule has 4 rings (SSSR count). The first-order chi connectivity index (χ1) is 16.3. The van der Waals surface area contributed by atoms with Crippen LogP contribution in [0.2, 0.25) is 0 Å². The summed E-state index contributed by atoms with van der Waals surface area (Å²) in [4.78, 5) is 17.0. The molecule has 2 aromatic carbocycles. The average molecular weight is 482 g/mol. The summed E-state index contributed by atoms with van der Waals surface area (Å²) >= 11 is 0. The van der Waals surface area contributed by atoms with Crippen LogP contribution in [0, 0.1) is 11.7 Å². The molecule has 1 heterocycles. The number of aromatic nitrogens is 1. The van der Waals surface area contributed by atoms with Crippen LogP contribution in [0.1, 0.15) is 44.2 Å². The summed E-state index contributed by atoms with van der Waals surface area (Å²) in [6.07, 6.45) is 5.75. The molecule has 0 aliphatic heterocycles. The largest absolute Gasteiger partial charge is 0.349 e. The van der Waals surface area contributed by atoms with Crippen LogP contribution in [0.5, 0.6) is 0 Å². The van der Waals surface area contributed by atoms with E-state index in [0.29, 0.717) is 25.7 Å². The maximum Gasteiger partial charge on any atom is 0.240 e. The fraction of sp³-hybridized carbons (Fsp3) is 0.308. The van der Waals surface area contributed by atoms with E-state index in [1.165, 1.54) is 12.1 Å². The van der Waals surface area contributed by atoms with Gasteiger partial charge < -0.3 is 5.32 Å². The van der Waals surface area contributed by atoms with Gasteiger partial charge in [0.25, 0.3) is 0 Å². The summed E-state index contributed by atoms with van der Waals surface area (Å²) < 4.78 is 41.9. The van der Waals surface area contributed by atoms with Crippen molar-refractivity contribution in [1.82, 2.24) is 15.0 Å². The summed E-state index contributed by atoms with van der Waals surface area (Å²) in [5.74, 6) is -0.535. The maximum atomic E-state index is 13.1. The first-order valence-electron chi connectivity index (χ1n) is 11.4. The zero-order chi connectivity index (χ0) is 24.1. The van der Waals surface area contributed by atoms with Gasteiger partial charge in [0.05, 0.1) is 10.9 Å². The molecule has 8 heteroatoms. The first kappa shape index (κ1) is 24.0. The van der Waals surface area contributed by atoms with Gasteiger partial charge in [0.1, 0.15) is 5.82 Å². The van der Waals surface area contributed by atoms with Crippen molar-refractivity contribution in [2.45, 2.75) is 49.6 Å². The Kier molecular flexibility index (Phi) is 7.38. The van der Waals surface area contributed by atoms with Gasteiger partial charge in [-0.3, -0.25) is 9.78 Å². The van der Waals surface area contributed by atoms with Crippen molar-refractivity contribution < 1.29 is 17.6 Å². The minimum absolute atomic E-state index is 0.0534. The third kappa shape index (κ3) is 5.87. The van der Waals surface area contributed by atoms with Gasteiger partial charge >= 0.3 is 0 Å². The lowest BCUT2D eigenvalue weighted by atomic mass is 9.85. The van der Waals surface area contributed by atoms with Crippen LogP contribution in [0.3, 0.4) is 0 Å². The van der Waals surface area contributed by atoms with Crippen LogP contribution < -0.4 is 10.0 Å². The molecule has 3 aromatic rings. The van der Waals surface area contributed by atoms with Gasteiger partial charge in [-0.25, -0.2) is 17.5 Å². The van der Waals surface area contributed by atoms with E-state index in [4.69, 9.17) is 0 Å². The number of benzene rings is 2. The van der Waals surface area contributed by atoms with Gasteiger partial charge in [0.2, 0.25) is 15.9 Å². The number of carbonyl (C=O) groups excluding carboxylic acids is 1. The van der Waals surface area contributed by atoms with Crippen LogP contribution in [0.25, 0.3) is 11.1 Å². The molecular formula is C26H28FN3O3S. The number of pyridine rings is 1. The molecule has 2 N–H and O–H groups in total. The fourth-order valence-electron chi connectivity index (χ4n) is 4.30. The minimum Gasteiger partial charge on any atom is -0.349 e. The lowest BCUT2D eigenvalue weighted by Crippen LogP contribution is -2.41. The van der Waals surface area contributed by atoms with Crippen molar-refractivity contribution >= 4 is 15.9 Å². The second-order valence-electron chi connectivity index (χ2n) is 8.72. The van der Waals surface area contributed by atoms with Crippen molar-refractivity contribution in [1.29, 1.82) is 0 Å². The predicted octanol–water partition coefficient (Wildman–Crippen LogP) is 4.60. The molecule has 34 heavy (non-hydrogen) atoms. The molecule has 6 nitrogen and oxygen atoms in total. The molecule has 0 saturated heterocycles. The Bertz CT molecular complexity index is 1230. The second kappa shape index (κ2) is 10.4. The van der Waals surface area contributed by atoms with Crippen molar-refractivity contribution in [3.8, 4) is 11.1 Å². The maximum absolute atomic E-state index is 13.1. The van der Waals surface area contributed by atoms with Crippen molar-refractivity contribution in [2.24, 2.45) is 5.92 Å². The zero-order valence-corrected chi connectivity index (χ0v) is 19.8. The number of sulfonamides is 1. The molecule has 1 atom stereocenters. The summed E-state index contributed by atoms with van der Waals surface area (Å²) in [5.41, 5.74) is 2.47. The van der Waals surface area contributed by atoms with E-state index in [2.05, 4.69) is 15.0 Å². The van der Waals surface area contributed by atoms with Gasteiger partial charge in [-0.2, -0.15) is 0 Å². The highest BCUT2D eigenvalue weighted by molar-refractivity contribution is 7.89. The average Bonchev–Trinajstić information content (AvgIpc) is 2.85. The molecule has 1 aliphatic rings. The Labute approximate surface area is 199 Å². The first-order valence-corrected chi connectivity index (χ1v) is 12.9. The highest BCUT2D eigenvalue weighted by Gasteiger charge is 2.30. The molecule has 178 valence electrons. The van der Waals surface area contributed by atoms with E-state index in [1.54, 1.807) is 42.7 Å². The van der Waals surface area contributed by atoms with Gasteiger partial charge in [-0.05, 0) is 74.1 Å². The normalized spacial score (nSPS) is 19.4. The second-order valence-corrected chi connectivity index (χ2v) is 10.4. The van der Waals surface area contributed by atoms with E-state index >= 15 is 0 Å². The zero-order valence-electron chi connectivity index (χ0n) is 18.9. The Balaban J connectivity index is 1.33. The number of hydrogen-bond donors (Lipinski definition) is 2. The number of hydrogen-bond acceptors (Lipinski definition) is 4. The molecule has 0 unspecified atom stereocenters. The van der Waals surface area contributed by atoms with Gasteiger partial charge in [-0.15, -0.1) is 0 Å². The molecule has 1 amide bonds. The van der Waals surface area contributed by atoms with E-state index < -0.39 is 10.0 Å². The Morgan fingerprint density at radius 3 is 2.38 bits per heavy atom. The molecule has 1 aromatic heterocycles. The Morgan fingerprint density at radius 2 is 1.71 bits per heavy atom. The van der Waals surface area contributed by atoms with Crippen LogP contribution >= 0.6 is 0 Å². The fourth-order valence-corrected chi connectivity index (χ4v) is 5.65. The van der Waals surface area contributed by atoms with Crippen molar-refractivity contribution in [3.05, 3.63) is 84.4 Å². The predicted molar refractivity (Wildman–Crippen MR) is 129 cm³/mol. The number of nitrogens with zero attached hydrogens (tertiary/aromatic N) is 1. The third-order valence-corrected chi connectivity index (χ3v) is 7.81. The lowest BCUT2D eigenvalue weighted by Gasteiger charge is -2.29. The van der Waals surface area contributed by atoms with Crippen LogP contribution in [0.4, 0.5) is 4.39 Å². The van der Waals surface area contributed by atoms with Crippen molar-refractivity contribution in [3.63, 3.8) is 0 Å². The van der Waals surface area contributed by atoms with Crippen LogP contribution in [-0.2, 0) is 14.8 Å².